The number of rotatable bonds is 7. The van der Waals surface area contributed by atoms with Gasteiger partial charge in [0, 0.05) is 37.8 Å². The second-order valence-electron chi connectivity index (χ2n) is 9.76. The number of fused-ring (bicyclic) bond motifs is 1. The largest absolute Gasteiger partial charge is 0.437 e. The number of hydrogen-bond donors (Lipinski definition) is 2. The molecule has 3 N–H and O–H groups in total. The Labute approximate surface area is 227 Å². The molecule has 38 heavy (non-hydrogen) atoms. The van der Waals surface area contributed by atoms with E-state index >= 15 is 0 Å². The van der Waals surface area contributed by atoms with E-state index in [-0.39, 0.29) is 10.9 Å². The van der Waals surface area contributed by atoms with Crippen molar-refractivity contribution in [2.75, 3.05) is 24.2 Å². The summed E-state index contributed by atoms with van der Waals surface area (Å²) in [5.41, 5.74) is 4.48. The van der Waals surface area contributed by atoms with Gasteiger partial charge < -0.3 is 10.1 Å². The Balaban J connectivity index is 1.24. The van der Waals surface area contributed by atoms with Crippen LogP contribution in [0.2, 0.25) is 0 Å². The molecule has 2 aromatic carbocycles. The van der Waals surface area contributed by atoms with Gasteiger partial charge in [-0.3, -0.25) is 4.90 Å². The van der Waals surface area contributed by atoms with E-state index in [4.69, 9.17) is 19.8 Å². The maximum atomic E-state index is 11.5. The van der Waals surface area contributed by atoms with Crippen LogP contribution in [0.25, 0.3) is 0 Å². The summed E-state index contributed by atoms with van der Waals surface area (Å²) < 4.78 is 29.3. The van der Waals surface area contributed by atoms with Crippen molar-refractivity contribution in [2.24, 2.45) is 5.14 Å². The Kier molecular flexibility index (Phi) is 7.59. The van der Waals surface area contributed by atoms with Crippen LogP contribution in [0.1, 0.15) is 40.8 Å². The van der Waals surface area contributed by atoms with Crippen LogP contribution in [0.4, 0.5) is 5.95 Å². The number of nitrogens with one attached hydrogen (secondary N) is 1. The van der Waals surface area contributed by atoms with E-state index < -0.39 is 10.0 Å². The van der Waals surface area contributed by atoms with Gasteiger partial charge >= 0.3 is 0 Å². The highest BCUT2D eigenvalue weighted by molar-refractivity contribution is 7.99. The third-order valence-electron chi connectivity index (χ3n) is 6.86. The van der Waals surface area contributed by atoms with Gasteiger partial charge in [-0.1, -0.05) is 12.1 Å². The zero-order valence-corrected chi connectivity index (χ0v) is 23.0. The van der Waals surface area contributed by atoms with Crippen molar-refractivity contribution in [3.8, 4) is 17.7 Å². The number of nitrogens with zero attached hydrogens (tertiary/aromatic N) is 4. The highest BCUT2D eigenvalue weighted by Crippen LogP contribution is 2.41. The minimum atomic E-state index is -3.68. The Hall–Kier alpha value is -3.17. The van der Waals surface area contributed by atoms with Crippen molar-refractivity contribution >= 4 is 27.7 Å². The van der Waals surface area contributed by atoms with Gasteiger partial charge in [-0.15, -0.1) is 11.8 Å². The van der Waals surface area contributed by atoms with Gasteiger partial charge in [-0.2, -0.15) is 10.2 Å². The van der Waals surface area contributed by atoms with Crippen molar-refractivity contribution in [2.45, 2.75) is 55.5 Å². The zero-order valence-electron chi connectivity index (χ0n) is 21.4. The number of ether oxygens (including phenoxy) is 1. The number of sulfonamides is 1. The van der Waals surface area contributed by atoms with E-state index in [2.05, 4.69) is 16.3 Å². The standard InChI is InChI=1S/C27H30N6O3S2/c1-17-13-20(15-28)14-18(2)24(17)36-26-25-23(9-12-37-25)31-27(32-26)30-21-7-10-33(11-8-21)16-19-3-5-22(6-4-19)38(29,34)35/h3-6,13-14,21H,7-12,16H2,1-2H3,(H2,29,34,35)(H,30,31,32). The molecule has 11 heteroatoms. The first-order valence-electron chi connectivity index (χ1n) is 12.5. The van der Waals surface area contributed by atoms with Crippen LogP contribution in [0.5, 0.6) is 11.6 Å². The SMILES string of the molecule is Cc1cc(C#N)cc(C)c1Oc1nc(NC2CCN(Cc3ccc(S(N)(=O)=O)cc3)CC2)nc2c1SCC2. The number of aryl methyl sites for hydroxylation is 3. The fraction of sp³-hybridized carbons (Fsp3) is 0.370. The number of hydrogen-bond acceptors (Lipinski definition) is 9. The number of piperidine rings is 1. The molecule has 5 rings (SSSR count). The molecule has 0 bridgehead atoms. The Morgan fingerprint density at radius 1 is 1.16 bits per heavy atom. The minimum absolute atomic E-state index is 0.129. The first-order valence-corrected chi connectivity index (χ1v) is 15.1. The summed E-state index contributed by atoms with van der Waals surface area (Å²) in [6.07, 6.45) is 2.75. The van der Waals surface area contributed by atoms with Crippen LogP contribution in [0, 0.1) is 25.2 Å². The third-order valence-corrected chi connectivity index (χ3v) is 8.89. The molecular weight excluding hydrogens is 520 g/mol. The molecule has 1 aromatic heterocycles. The van der Waals surface area contributed by atoms with Crippen LogP contribution >= 0.6 is 11.8 Å². The highest BCUT2D eigenvalue weighted by Gasteiger charge is 2.25. The van der Waals surface area contributed by atoms with Crippen LogP contribution in [0.3, 0.4) is 0 Å². The Morgan fingerprint density at radius 2 is 1.84 bits per heavy atom. The normalized spacial score (nSPS) is 16.2. The van der Waals surface area contributed by atoms with Crippen molar-refractivity contribution in [3.63, 3.8) is 0 Å². The number of nitrogens with two attached hydrogens (primary N) is 1. The number of benzene rings is 2. The third kappa shape index (κ3) is 5.94. The molecule has 9 nitrogen and oxygen atoms in total. The summed E-state index contributed by atoms with van der Waals surface area (Å²) in [5, 5.41) is 18.0. The molecule has 0 atom stereocenters. The molecular formula is C27H30N6O3S2. The molecule has 1 saturated heterocycles. The first kappa shape index (κ1) is 26.4. The van der Waals surface area contributed by atoms with Crippen molar-refractivity contribution in [3.05, 3.63) is 64.3 Å². The zero-order chi connectivity index (χ0) is 26.9. The second-order valence-corrected chi connectivity index (χ2v) is 12.4. The molecule has 2 aliphatic heterocycles. The number of aromatic nitrogens is 2. The van der Waals surface area contributed by atoms with Crippen LogP contribution in [-0.4, -0.2) is 48.2 Å². The van der Waals surface area contributed by atoms with E-state index in [1.807, 2.05) is 38.1 Å². The summed E-state index contributed by atoms with van der Waals surface area (Å²) in [6.45, 7) is 6.45. The molecule has 3 aromatic rings. The van der Waals surface area contributed by atoms with E-state index in [9.17, 15) is 13.7 Å². The summed E-state index contributed by atoms with van der Waals surface area (Å²) >= 11 is 1.71. The maximum absolute atomic E-state index is 11.5. The highest BCUT2D eigenvalue weighted by atomic mass is 32.2. The monoisotopic (exact) mass is 550 g/mol. The second kappa shape index (κ2) is 10.9. The summed E-state index contributed by atoms with van der Waals surface area (Å²) in [6, 6.07) is 12.9. The molecule has 2 aliphatic rings. The average molecular weight is 551 g/mol. The van der Waals surface area contributed by atoms with Crippen molar-refractivity contribution in [1.82, 2.24) is 14.9 Å². The predicted molar refractivity (Wildman–Crippen MR) is 147 cm³/mol. The number of thioether (sulfide) groups is 1. The van der Waals surface area contributed by atoms with Crippen LogP contribution < -0.4 is 15.2 Å². The summed E-state index contributed by atoms with van der Waals surface area (Å²) in [7, 11) is -3.68. The lowest BCUT2D eigenvalue weighted by Crippen LogP contribution is -2.39. The number of nitriles is 1. The average Bonchev–Trinajstić information content (AvgIpc) is 3.36. The fourth-order valence-corrected chi connectivity index (χ4v) is 6.45. The van der Waals surface area contributed by atoms with Gasteiger partial charge in [0.25, 0.3) is 0 Å². The van der Waals surface area contributed by atoms with Crippen LogP contribution in [-0.2, 0) is 23.0 Å². The lowest BCUT2D eigenvalue weighted by atomic mass is 10.0. The van der Waals surface area contributed by atoms with Gasteiger partial charge in [0.15, 0.2) is 0 Å². The summed E-state index contributed by atoms with van der Waals surface area (Å²) in [5.74, 6) is 2.83. The molecule has 1 fully saturated rings. The predicted octanol–water partition coefficient (Wildman–Crippen LogP) is 4.13. The summed E-state index contributed by atoms with van der Waals surface area (Å²) in [4.78, 5) is 13.0. The molecule has 0 amide bonds. The van der Waals surface area contributed by atoms with E-state index in [0.717, 1.165) is 77.7 Å². The number of likely N-dealkylation sites (tertiary alicyclic amines) is 1. The van der Waals surface area contributed by atoms with E-state index in [1.165, 1.54) is 0 Å². The molecule has 0 unspecified atom stereocenters. The Bertz CT molecular complexity index is 1470. The lowest BCUT2D eigenvalue weighted by molar-refractivity contribution is 0.211. The van der Waals surface area contributed by atoms with Gasteiger partial charge in [-0.05, 0) is 67.6 Å². The van der Waals surface area contributed by atoms with E-state index in [1.54, 1.807) is 23.9 Å². The van der Waals surface area contributed by atoms with E-state index in [0.29, 0.717) is 17.4 Å². The number of primary sulfonamides is 1. The van der Waals surface area contributed by atoms with Gasteiger partial charge in [0.05, 0.1) is 27.1 Å². The molecule has 3 heterocycles. The van der Waals surface area contributed by atoms with Gasteiger partial charge in [-0.25, -0.2) is 18.5 Å². The molecule has 0 aliphatic carbocycles. The Morgan fingerprint density at radius 3 is 2.47 bits per heavy atom. The quantitative estimate of drug-likeness (QED) is 0.445. The maximum Gasteiger partial charge on any atom is 0.238 e. The molecule has 0 saturated carbocycles. The molecule has 0 spiro atoms. The van der Waals surface area contributed by atoms with Crippen molar-refractivity contribution in [1.29, 1.82) is 5.26 Å². The molecule has 0 radical (unpaired) electrons. The van der Waals surface area contributed by atoms with Crippen molar-refractivity contribution < 1.29 is 13.2 Å². The molecule has 198 valence electrons. The van der Waals surface area contributed by atoms with Gasteiger partial charge in [0.2, 0.25) is 21.9 Å². The number of anilines is 1. The van der Waals surface area contributed by atoms with Gasteiger partial charge in [0.1, 0.15) is 5.75 Å². The topological polar surface area (TPSA) is 134 Å². The fourth-order valence-electron chi connectivity index (χ4n) is 4.91. The van der Waals surface area contributed by atoms with Crippen LogP contribution in [0.15, 0.2) is 46.2 Å². The smallest absolute Gasteiger partial charge is 0.238 e. The first-order chi connectivity index (χ1) is 18.2. The lowest BCUT2D eigenvalue weighted by Gasteiger charge is -2.32. The minimum Gasteiger partial charge on any atom is -0.437 e.